The molecule has 6 heteroatoms. The molecule has 1 aromatic carbocycles. The highest BCUT2D eigenvalue weighted by Gasteiger charge is 2.17. The molecule has 1 heterocycles. The molecule has 1 aliphatic rings. The molecule has 0 radical (unpaired) electrons. The van der Waals surface area contributed by atoms with E-state index in [4.69, 9.17) is 5.73 Å². The number of thioether (sulfide) groups is 1. The van der Waals surface area contributed by atoms with Crippen LogP contribution in [0, 0.1) is 5.92 Å². The number of nitrogens with two attached hydrogens (primary N) is 1. The van der Waals surface area contributed by atoms with Crippen molar-refractivity contribution in [1.29, 1.82) is 0 Å². The Hall–Kier alpha value is -1.53. The van der Waals surface area contributed by atoms with Gasteiger partial charge < -0.3 is 16.4 Å². The van der Waals surface area contributed by atoms with Gasteiger partial charge in [0.1, 0.15) is 0 Å². The molecule has 1 aromatic rings. The number of rotatable bonds is 6. The van der Waals surface area contributed by atoms with Crippen LogP contribution in [0.3, 0.4) is 0 Å². The third kappa shape index (κ3) is 3.97. The Morgan fingerprint density at radius 1 is 1.37 bits per heavy atom. The van der Waals surface area contributed by atoms with Crippen molar-refractivity contribution in [1.82, 2.24) is 5.32 Å². The second-order valence-corrected chi connectivity index (χ2v) is 5.53. The number of carbonyl (C=O) groups excluding carboxylic acids is 2. The maximum atomic E-state index is 11.8. The Bertz CT molecular complexity index is 475. The smallest absolute Gasteiger partial charge is 0.250 e. The molecule has 102 valence electrons. The summed E-state index contributed by atoms with van der Waals surface area (Å²) in [5.74, 6) is 1.41. The number of nitrogens with one attached hydrogen (secondary N) is 2. The molecule has 2 amide bonds. The van der Waals surface area contributed by atoms with Crippen molar-refractivity contribution in [3.05, 3.63) is 29.8 Å². The van der Waals surface area contributed by atoms with E-state index in [0.717, 1.165) is 18.8 Å². The summed E-state index contributed by atoms with van der Waals surface area (Å²) < 4.78 is 0. The Morgan fingerprint density at radius 2 is 2.11 bits per heavy atom. The number of primary amides is 1. The molecule has 0 atom stereocenters. The lowest BCUT2D eigenvalue weighted by Gasteiger charge is -2.26. The average Bonchev–Trinajstić information content (AvgIpc) is 2.32. The molecular formula is C13H17N3O2S. The molecule has 0 saturated carbocycles. The maximum Gasteiger partial charge on any atom is 0.250 e. The van der Waals surface area contributed by atoms with Gasteiger partial charge in [0, 0.05) is 0 Å². The lowest BCUT2D eigenvalue weighted by Crippen LogP contribution is -2.43. The van der Waals surface area contributed by atoms with Crippen molar-refractivity contribution in [3.63, 3.8) is 0 Å². The Balaban J connectivity index is 1.82. The third-order valence-corrected chi connectivity index (χ3v) is 4.09. The molecule has 1 fully saturated rings. The summed E-state index contributed by atoms with van der Waals surface area (Å²) in [5, 5.41) is 5.92. The van der Waals surface area contributed by atoms with E-state index < -0.39 is 5.91 Å². The Kier molecular flexibility index (Phi) is 4.81. The molecule has 19 heavy (non-hydrogen) atoms. The van der Waals surface area contributed by atoms with Crippen LogP contribution < -0.4 is 16.4 Å². The lowest BCUT2D eigenvalue weighted by atomic mass is 10.1. The second kappa shape index (κ2) is 6.58. The predicted molar refractivity (Wildman–Crippen MR) is 77.3 cm³/mol. The van der Waals surface area contributed by atoms with Crippen molar-refractivity contribution < 1.29 is 9.59 Å². The minimum Gasteiger partial charge on any atom is -0.366 e. The van der Waals surface area contributed by atoms with Crippen LogP contribution in [0.2, 0.25) is 0 Å². The first-order chi connectivity index (χ1) is 9.16. The summed E-state index contributed by atoms with van der Waals surface area (Å²) >= 11 is 1.61. The number of benzene rings is 1. The van der Waals surface area contributed by atoms with Crippen LogP contribution in [0.25, 0.3) is 0 Å². The fourth-order valence-electron chi connectivity index (χ4n) is 1.78. The number of carbonyl (C=O) groups is 2. The summed E-state index contributed by atoms with van der Waals surface area (Å²) in [4.78, 5) is 23.0. The fraction of sp³-hybridized carbons (Fsp3) is 0.385. The van der Waals surface area contributed by atoms with Crippen molar-refractivity contribution in [3.8, 4) is 0 Å². The SMILES string of the molecule is NC(=O)c1ccccc1NC(=O)CSCC1CNC1. The van der Waals surface area contributed by atoms with Crippen molar-refractivity contribution in [2.24, 2.45) is 11.7 Å². The molecule has 0 spiro atoms. The number of amides is 2. The molecule has 1 saturated heterocycles. The number of hydrogen-bond acceptors (Lipinski definition) is 4. The van der Waals surface area contributed by atoms with Crippen LogP contribution in [-0.2, 0) is 4.79 Å². The third-order valence-electron chi connectivity index (χ3n) is 2.92. The molecule has 0 unspecified atom stereocenters. The molecule has 0 aliphatic carbocycles. The van der Waals surface area contributed by atoms with Gasteiger partial charge in [0.25, 0.3) is 5.91 Å². The van der Waals surface area contributed by atoms with Crippen LogP contribution in [0.1, 0.15) is 10.4 Å². The van der Waals surface area contributed by atoms with Crippen molar-refractivity contribution in [2.45, 2.75) is 0 Å². The van der Waals surface area contributed by atoms with E-state index in [1.165, 1.54) is 0 Å². The van der Waals surface area contributed by atoms with Gasteiger partial charge in [-0.15, -0.1) is 0 Å². The largest absolute Gasteiger partial charge is 0.366 e. The zero-order chi connectivity index (χ0) is 13.7. The summed E-state index contributed by atoms with van der Waals surface area (Å²) in [7, 11) is 0. The standard InChI is InChI=1S/C13H17N3O2S/c14-13(18)10-3-1-2-4-11(10)16-12(17)8-19-7-9-5-15-6-9/h1-4,9,15H,5-8H2,(H2,14,18)(H,16,17). The highest BCUT2D eigenvalue weighted by atomic mass is 32.2. The van der Waals surface area contributed by atoms with Crippen LogP contribution in [0.15, 0.2) is 24.3 Å². The molecule has 1 aliphatic heterocycles. The first kappa shape index (κ1) is 13.9. The van der Waals surface area contributed by atoms with Crippen LogP contribution >= 0.6 is 11.8 Å². The predicted octanol–water partition coefficient (Wildman–Crippen LogP) is 0.677. The van der Waals surface area contributed by atoms with Crippen LogP contribution in [-0.4, -0.2) is 36.4 Å². The van der Waals surface area contributed by atoms with E-state index in [2.05, 4.69) is 10.6 Å². The van der Waals surface area contributed by atoms with E-state index in [9.17, 15) is 9.59 Å². The van der Waals surface area contributed by atoms with E-state index in [1.807, 2.05) is 0 Å². The molecular weight excluding hydrogens is 262 g/mol. The molecule has 5 nitrogen and oxygen atoms in total. The second-order valence-electron chi connectivity index (χ2n) is 4.50. The van der Waals surface area contributed by atoms with Crippen molar-refractivity contribution in [2.75, 3.05) is 29.9 Å². The van der Waals surface area contributed by atoms with E-state index in [1.54, 1.807) is 36.0 Å². The van der Waals surface area contributed by atoms with Crippen LogP contribution in [0.4, 0.5) is 5.69 Å². The number of para-hydroxylation sites is 1. The van der Waals surface area contributed by atoms with Gasteiger partial charge in [-0.3, -0.25) is 9.59 Å². The first-order valence-electron chi connectivity index (χ1n) is 6.14. The van der Waals surface area contributed by atoms with E-state index in [-0.39, 0.29) is 5.91 Å². The minimum absolute atomic E-state index is 0.106. The lowest BCUT2D eigenvalue weighted by molar-refractivity contribution is -0.113. The van der Waals surface area contributed by atoms with Gasteiger partial charge in [-0.2, -0.15) is 11.8 Å². The van der Waals surface area contributed by atoms with Gasteiger partial charge in [0.15, 0.2) is 0 Å². The van der Waals surface area contributed by atoms with Gasteiger partial charge in [-0.25, -0.2) is 0 Å². The van der Waals surface area contributed by atoms with Gasteiger partial charge in [0.2, 0.25) is 5.91 Å². The molecule has 0 aromatic heterocycles. The molecule has 0 bridgehead atoms. The van der Waals surface area contributed by atoms with E-state index >= 15 is 0 Å². The Morgan fingerprint density at radius 3 is 2.74 bits per heavy atom. The van der Waals surface area contributed by atoms with E-state index in [0.29, 0.717) is 22.9 Å². The Labute approximate surface area is 116 Å². The first-order valence-corrected chi connectivity index (χ1v) is 7.29. The summed E-state index contributed by atoms with van der Waals surface area (Å²) in [5.41, 5.74) is 6.07. The topological polar surface area (TPSA) is 84.2 Å². The highest BCUT2D eigenvalue weighted by Crippen LogP contribution is 2.16. The minimum atomic E-state index is -0.538. The monoisotopic (exact) mass is 279 g/mol. The maximum absolute atomic E-state index is 11.8. The summed E-state index contributed by atoms with van der Waals surface area (Å²) in [6, 6.07) is 6.76. The van der Waals surface area contributed by atoms with Gasteiger partial charge in [-0.05, 0) is 36.9 Å². The zero-order valence-corrected chi connectivity index (χ0v) is 11.3. The quantitative estimate of drug-likeness (QED) is 0.715. The van der Waals surface area contributed by atoms with Crippen LogP contribution in [0.5, 0.6) is 0 Å². The zero-order valence-electron chi connectivity index (χ0n) is 10.5. The average molecular weight is 279 g/mol. The molecule has 4 N–H and O–H groups in total. The highest BCUT2D eigenvalue weighted by molar-refractivity contribution is 7.99. The number of hydrogen-bond donors (Lipinski definition) is 3. The molecule has 2 rings (SSSR count). The van der Waals surface area contributed by atoms with Crippen molar-refractivity contribution >= 4 is 29.3 Å². The number of anilines is 1. The van der Waals surface area contributed by atoms with Gasteiger partial charge >= 0.3 is 0 Å². The van der Waals surface area contributed by atoms with Gasteiger partial charge in [0.05, 0.1) is 17.0 Å². The van der Waals surface area contributed by atoms with Gasteiger partial charge in [-0.1, -0.05) is 12.1 Å². The normalized spacial score (nSPS) is 14.7. The summed E-state index contributed by atoms with van der Waals surface area (Å²) in [6.07, 6.45) is 0. The fourth-order valence-corrected chi connectivity index (χ4v) is 2.72. The summed E-state index contributed by atoms with van der Waals surface area (Å²) in [6.45, 7) is 2.08.